The van der Waals surface area contributed by atoms with Gasteiger partial charge in [-0.15, -0.1) is 0 Å². The Hall–Kier alpha value is -3.66. The largest absolute Gasteiger partial charge is 0.496 e. The van der Waals surface area contributed by atoms with Crippen LogP contribution in [0.1, 0.15) is 16.7 Å². The van der Waals surface area contributed by atoms with Crippen molar-refractivity contribution in [2.24, 2.45) is 0 Å². The highest BCUT2D eigenvalue weighted by atomic mass is 16.5. The highest BCUT2D eigenvalue weighted by Crippen LogP contribution is 2.25. The van der Waals surface area contributed by atoms with E-state index in [4.69, 9.17) is 4.74 Å². The van der Waals surface area contributed by atoms with E-state index in [9.17, 15) is 4.79 Å². The topological polar surface area (TPSA) is 51.2 Å². The number of methoxy groups -OCH3 is 1. The Bertz CT molecular complexity index is 1130. The van der Waals surface area contributed by atoms with Crippen molar-refractivity contribution in [2.75, 3.05) is 12.4 Å². The molecule has 0 fully saturated rings. The van der Waals surface area contributed by atoms with Gasteiger partial charge in [0, 0.05) is 29.3 Å². The molecule has 0 saturated heterocycles. The summed E-state index contributed by atoms with van der Waals surface area (Å²) in [5.74, 6) is 0.740. The molecule has 4 heteroatoms. The molecule has 1 N–H and O–H groups in total. The number of benzene rings is 3. The number of hydrogen-bond donors (Lipinski definition) is 1. The molecule has 0 spiro atoms. The van der Waals surface area contributed by atoms with Gasteiger partial charge < -0.3 is 10.1 Å². The smallest absolute Gasteiger partial charge is 0.228 e. The molecule has 4 rings (SSSR count). The molecular formula is C25H22N2O2. The maximum Gasteiger partial charge on any atom is 0.228 e. The molecule has 1 heterocycles. The molecule has 3 aromatic carbocycles. The van der Waals surface area contributed by atoms with Gasteiger partial charge >= 0.3 is 0 Å². The SMILES string of the molecule is COc1ccc(NC(=O)Cc2cccc3cccnc23)cc1Cc1ccccc1. The Morgan fingerprint density at radius 1 is 0.931 bits per heavy atom. The van der Waals surface area contributed by atoms with E-state index in [1.54, 1.807) is 13.3 Å². The zero-order chi connectivity index (χ0) is 20.1. The minimum absolute atomic E-state index is 0.0704. The monoisotopic (exact) mass is 382 g/mol. The van der Waals surface area contributed by atoms with Crippen molar-refractivity contribution in [1.29, 1.82) is 0 Å². The van der Waals surface area contributed by atoms with Gasteiger partial charge in [-0.05, 0) is 35.4 Å². The molecule has 1 aromatic heterocycles. The molecular weight excluding hydrogens is 360 g/mol. The summed E-state index contributed by atoms with van der Waals surface area (Å²) in [4.78, 5) is 17.1. The van der Waals surface area contributed by atoms with Crippen molar-refractivity contribution in [1.82, 2.24) is 4.98 Å². The van der Waals surface area contributed by atoms with Crippen molar-refractivity contribution >= 4 is 22.5 Å². The first-order chi connectivity index (χ1) is 14.2. The quantitative estimate of drug-likeness (QED) is 0.510. The predicted molar refractivity (Wildman–Crippen MR) is 116 cm³/mol. The number of rotatable bonds is 6. The number of nitrogens with one attached hydrogen (secondary N) is 1. The fourth-order valence-corrected chi connectivity index (χ4v) is 3.50. The number of nitrogens with zero attached hydrogens (tertiary/aromatic N) is 1. The Morgan fingerprint density at radius 2 is 1.76 bits per heavy atom. The molecule has 4 nitrogen and oxygen atoms in total. The summed E-state index contributed by atoms with van der Waals surface area (Å²) >= 11 is 0. The number of carbonyl (C=O) groups is 1. The van der Waals surface area contributed by atoms with E-state index >= 15 is 0 Å². The fourth-order valence-electron chi connectivity index (χ4n) is 3.50. The van der Waals surface area contributed by atoms with E-state index < -0.39 is 0 Å². The Labute approximate surface area is 170 Å². The van der Waals surface area contributed by atoms with E-state index in [0.717, 1.165) is 39.9 Å². The van der Waals surface area contributed by atoms with Crippen LogP contribution in [0, 0.1) is 0 Å². The summed E-state index contributed by atoms with van der Waals surface area (Å²) in [6.45, 7) is 0. The number of amides is 1. The van der Waals surface area contributed by atoms with Crippen LogP contribution in [0.25, 0.3) is 10.9 Å². The lowest BCUT2D eigenvalue weighted by atomic mass is 10.0. The van der Waals surface area contributed by atoms with E-state index in [2.05, 4.69) is 22.4 Å². The third-order valence-corrected chi connectivity index (χ3v) is 4.87. The number of carbonyl (C=O) groups excluding carboxylic acids is 1. The van der Waals surface area contributed by atoms with Crippen LogP contribution in [0.15, 0.2) is 85.1 Å². The highest BCUT2D eigenvalue weighted by Gasteiger charge is 2.11. The summed E-state index contributed by atoms with van der Waals surface area (Å²) in [5.41, 5.74) is 4.76. The molecule has 1 amide bonds. The molecule has 0 atom stereocenters. The van der Waals surface area contributed by atoms with Crippen molar-refractivity contribution in [3.63, 3.8) is 0 Å². The highest BCUT2D eigenvalue weighted by molar-refractivity contribution is 5.95. The number of para-hydroxylation sites is 1. The molecule has 29 heavy (non-hydrogen) atoms. The van der Waals surface area contributed by atoms with Gasteiger partial charge in [-0.1, -0.05) is 54.6 Å². The van der Waals surface area contributed by atoms with Gasteiger partial charge in [-0.25, -0.2) is 0 Å². The van der Waals surface area contributed by atoms with Crippen LogP contribution in [0.3, 0.4) is 0 Å². The zero-order valence-electron chi connectivity index (χ0n) is 16.3. The molecule has 0 aliphatic heterocycles. The van der Waals surface area contributed by atoms with Crippen LogP contribution in [0.4, 0.5) is 5.69 Å². The van der Waals surface area contributed by atoms with Crippen molar-refractivity contribution < 1.29 is 9.53 Å². The lowest BCUT2D eigenvalue weighted by molar-refractivity contribution is -0.115. The van der Waals surface area contributed by atoms with Gasteiger partial charge in [-0.2, -0.15) is 0 Å². The lowest BCUT2D eigenvalue weighted by Crippen LogP contribution is -2.15. The standard InChI is InChI=1S/C25H22N2O2/c1-29-23-13-12-22(16-21(23)15-18-7-3-2-4-8-18)27-24(28)17-20-10-5-9-19-11-6-14-26-25(19)20/h2-14,16H,15,17H2,1H3,(H,27,28). The van der Waals surface area contributed by atoms with Gasteiger partial charge in [-0.3, -0.25) is 9.78 Å². The first-order valence-electron chi connectivity index (χ1n) is 9.56. The fraction of sp³-hybridized carbons (Fsp3) is 0.120. The maximum absolute atomic E-state index is 12.7. The van der Waals surface area contributed by atoms with Crippen molar-refractivity contribution in [3.8, 4) is 5.75 Å². The normalized spacial score (nSPS) is 10.7. The van der Waals surface area contributed by atoms with Crippen molar-refractivity contribution in [2.45, 2.75) is 12.8 Å². The Morgan fingerprint density at radius 3 is 2.59 bits per heavy atom. The second-order valence-corrected chi connectivity index (χ2v) is 6.91. The van der Waals surface area contributed by atoms with Crippen LogP contribution in [-0.2, 0) is 17.6 Å². The number of pyridine rings is 1. The minimum Gasteiger partial charge on any atom is -0.496 e. The van der Waals surface area contributed by atoms with Gasteiger partial charge in [0.25, 0.3) is 0 Å². The molecule has 0 saturated carbocycles. The Kier molecular flexibility index (Phi) is 5.52. The number of ether oxygens (including phenoxy) is 1. The van der Waals surface area contributed by atoms with Gasteiger partial charge in [0.1, 0.15) is 5.75 Å². The summed E-state index contributed by atoms with van der Waals surface area (Å²) in [6.07, 6.45) is 2.76. The van der Waals surface area contributed by atoms with Crippen LogP contribution in [0.2, 0.25) is 0 Å². The number of hydrogen-bond acceptors (Lipinski definition) is 3. The molecule has 0 bridgehead atoms. The summed E-state index contributed by atoms with van der Waals surface area (Å²) in [5, 5.41) is 4.04. The van der Waals surface area contributed by atoms with E-state index in [1.165, 1.54) is 5.56 Å². The van der Waals surface area contributed by atoms with Gasteiger partial charge in [0.05, 0.1) is 19.0 Å². The van der Waals surface area contributed by atoms with Gasteiger partial charge in [0.2, 0.25) is 5.91 Å². The molecule has 0 aliphatic carbocycles. The maximum atomic E-state index is 12.7. The van der Waals surface area contributed by atoms with Crippen molar-refractivity contribution in [3.05, 3.63) is 102 Å². The first-order valence-corrected chi connectivity index (χ1v) is 9.56. The average Bonchev–Trinajstić information content (AvgIpc) is 2.75. The van der Waals surface area contributed by atoms with E-state index in [-0.39, 0.29) is 12.3 Å². The zero-order valence-corrected chi connectivity index (χ0v) is 16.3. The number of anilines is 1. The second-order valence-electron chi connectivity index (χ2n) is 6.91. The van der Waals surface area contributed by atoms with Crippen LogP contribution in [-0.4, -0.2) is 18.0 Å². The molecule has 0 radical (unpaired) electrons. The predicted octanol–water partition coefficient (Wildman–Crippen LogP) is 5.02. The number of aromatic nitrogens is 1. The summed E-state index contributed by atoms with van der Waals surface area (Å²) in [6, 6.07) is 25.8. The average molecular weight is 382 g/mol. The molecule has 0 aliphatic rings. The van der Waals surface area contributed by atoms with Crippen LogP contribution >= 0.6 is 0 Å². The second kappa shape index (κ2) is 8.57. The van der Waals surface area contributed by atoms with Crippen LogP contribution < -0.4 is 10.1 Å². The number of fused-ring (bicyclic) bond motifs is 1. The molecule has 0 unspecified atom stereocenters. The van der Waals surface area contributed by atoms with Gasteiger partial charge in [0.15, 0.2) is 0 Å². The lowest BCUT2D eigenvalue weighted by Gasteiger charge is -2.12. The Balaban J connectivity index is 1.52. The summed E-state index contributed by atoms with van der Waals surface area (Å²) in [7, 11) is 1.66. The third-order valence-electron chi connectivity index (χ3n) is 4.87. The first kappa shape index (κ1) is 18.7. The third kappa shape index (κ3) is 4.43. The van der Waals surface area contributed by atoms with Crippen LogP contribution in [0.5, 0.6) is 5.75 Å². The van der Waals surface area contributed by atoms with E-state index in [1.807, 2.05) is 66.7 Å². The minimum atomic E-state index is -0.0704. The molecule has 4 aromatic rings. The van der Waals surface area contributed by atoms with E-state index in [0.29, 0.717) is 0 Å². The summed E-state index contributed by atoms with van der Waals surface area (Å²) < 4.78 is 5.50. The molecule has 144 valence electrons.